The van der Waals surface area contributed by atoms with Crippen LogP contribution < -0.4 is 14.4 Å². The number of carbonyl (C=O) groups is 3. The van der Waals surface area contributed by atoms with Gasteiger partial charge in [0.05, 0.1) is 42.3 Å². The molecular formula is C38H49ClN2O8S. The number of aryl methyl sites for hydroxylation is 1. The number of fused-ring (bicyclic) bond motifs is 4. The number of amides is 1. The number of nitrogens with zero attached hydrogens (tertiary/aromatic N) is 1. The molecule has 1 fully saturated rings. The van der Waals surface area contributed by atoms with Gasteiger partial charge in [-0.1, -0.05) is 24.6 Å². The molecule has 2 heterocycles. The highest BCUT2D eigenvalue weighted by Gasteiger charge is 2.46. The van der Waals surface area contributed by atoms with Gasteiger partial charge in [0.15, 0.2) is 5.92 Å². The molecule has 1 saturated carbocycles. The van der Waals surface area contributed by atoms with Crippen LogP contribution in [0.1, 0.15) is 73.9 Å². The number of methoxy groups -OCH3 is 2. The number of carbonyl (C=O) groups excluding carboxylic acids is 3. The summed E-state index contributed by atoms with van der Waals surface area (Å²) in [4.78, 5) is 42.2. The average molecular weight is 729 g/mol. The van der Waals surface area contributed by atoms with Crippen LogP contribution in [-0.4, -0.2) is 78.3 Å². The van der Waals surface area contributed by atoms with Crippen LogP contribution in [0.15, 0.2) is 36.4 Å². The predicted octanol–water partition coefficient (Wildman–Crippen LogP) is 4.96. The molecule has 12 heteroatoms. The van der Waals surface area contributed by atoms with Crippen LogP contribution in [0.4, 0.5) is 5.69 Å². The van der Waals surface area contributed by atoms with Crippen LogP contribution in [0, 0.1) is 29.6 Å². The Morgan fingerprint density at radius 2 is 1.86 bits per heavy atom. The van der Waals surface area contributed by atoms with Crippen LogP contribution in [0.2, 0.25) is 5.02 Å². The summed E-state index contributed by atoms with van der Waals surface area (Å²) < 4.78 is 33.4. The second-order valence-corrected chi connectivity index (χ2v) is 17.8. The van der Waals surface area contributed by atoms with Gasteiger partial charge in [-0.2, -0.15) is 0 Å². The van der Waals surface area contributed by atoms with Gasteiger partial charge in [0.2, 0.25) is 0 Å². The highest BCUT2D eigenvalue weighted by Crippen LogP contribution is 2.47. The van der Waals surface area contributed by atoms with E-state index in [1.807, 2.05) is 25.1 Å². The van der Waals surface area contributed by atoms with Crippen molar-refractivity contribution >= 4 is 50.7 Å². The molecule has 1 spiro atoms. The fraction of sp³-hybridized carbons (Fsp3) is 0.579. The number of hydrogen-bond donors (Lipinski definition) is 2. The predicted molar refractivity (Wildman–Crippen MR) is 194 cm³/mol. The zero-order chi connectivity index (χ0) is 36.0. The number of halogens is 1. The molecule has 0 aromatic heterocycles. The number of anilines is 1. The van der Waals surface area contributed by atoms with E-state index in [9.17, 15) is 23.7 Å². The van der Waals surface area contributed by atoms with Crippen molar-refractivity contribution in [3.05, 3.63) is 58.1 Å². The van der Waals surface area contributed by atoms with E-state index >= 15 is 0 Å². The summed E-state index contributed by atoms with van der Waals surface area (Å²) in [5.41, 5.74) is 3.22. The number of aliphatic hydroxyl groups excluding tert-OH is 1. The first-order valence-corrected chi connectivity index (χ1v) is 19.8. The zero-order valence-corrected chi connectivity index (χ0v) is 30.9. The number of nitrogens with one attached hydrogen (secondary N) is 1. The summed E-state index contributed by atoms with van der Waals surface area (Å²) in [5, 5.41) is 11.9. The van der Waals surface area contributed by atoms with Gasteiger partial charge in [0.1, 0.15) is 5.75 Å². The molecule has 4 aliphatic rings. The van der Waals surface area contributed by atoms with Gasteiger partial charge in [0, 0.05) is 34.3 Å². The summed E-state index contributed by atoms with van der Waals surface area (Å²) in [7, 11) is -0.772. The Kier molecular flexibility index (Phi) is 10.5. The van der Waals surface area contributed by atoms with E-state index < -0.39 is 50.7 Å². The third-order valence-electron chi connectivity index (χ3n) is 12.0. The second-order valence-electron chi connectivity index (χ2n) is 15.0. The van der Waals surface area contributed by atoms with E-state index in [4.69, 9.17) is 25.8 Å². The Bertz CT molecular complexity index is 1730. The van der Waals surface area contributed by atoms with Crippen molar-refractivity contribution in [3.63, 3.8) is 0 Å². The largest absolute Gasteiger partial charge is 0.490 e. The minimum Gasteiger partial charge on any atom is -0.490 e. The Hall–Kier alpha value is -3.28. The summed E-state index contributed by atoms with van der Waals surface area (Å²) >= 11 is 6.43. The molecule has 2 aliphatic carbocycles. The topological polar surface area (TPSA) is 131 Å². The molecule has 272 valence electrons. The summed E-state index contributed by atoms with van der Waals surface area (Å²) in [5.74, 6) is 0.343. The molecule has 10 nitrogen and oxygen atoms in total. The van der Waals surface area contributed by atoms with Crippen LogP contribution in [-0.2, 0) is 40.6 Å². The number of benzene rings is 2. The molecular weight excluding hydrogens is 680 g/mol. The van der Waals surface area contributed by atoms with Crippen molar-refractivity contribution in [2.45, 2.75) is 75.6 Å². The van der Waals surface area contributed by atoms with E-state index in [0.717, 1.165) is 37.8 Å². The van der Waals surface area contributed by atoms with E-state index in [1.54, 1.807) is 13.0 Å². The van der Waals surface area contributed by atoms with Gasteiger partial charge >= 0.3 is 11.9 Å². The van der Waals surface area contributed by atoms with Crippen molar-refractivity contribution in [2.24, 2.45) is 29.6 Å². The summed E-state index contributed by atoms with van der Waals surface area (Å²) in [6.45, 7) is 5.29. The Morgan fingerprint density at radius 3 is 2.54 bits per heavy atom. The fourth-order valence-electron chi connectivity index (χ4n) is 8.81. The lowest BCUT2D eigenvalue weighted by atomic mass is 9.66. The maximum absolute atomic E-state index is 14.1. The average Bonchev–Trinajstić information content (AvgIpc) is 3.22. The number of ether oxygens (including phenoxy) is 3. The molecule has 2 aliphatic heterocycles. The van der Waals surface area contributed by atoms with Crippen molar-refractivity contribution < 1.29 is 37.9 Å². The zero-order valence-electron chi connectivity index (χ0n) is 29.3. The van der Waals surface area contributed by atoms with Gasteiger partial charge in [-0.3, -0.25) is 19.1 Å². The second kappa shape index (κ2) is 14.4. The normalized spacial score (nSPS) is 32.8. The first-order valence-electron chi connectivity index (χ1n) is 17.6. The van der Waals surface area contributed by atoms with Crippen LogP contribution in [0.3, 0.4) is 0 Å². The Balaban J connectivity index is 1.42. The molecule has 6 rings (SSSR count). The molecule has 0 radical (unpaired) electrons. The van der Waals surface area contributed by atoms with Gasteiger partial charge in [-0.05, 0) is 123 Å². The molecule has 8 atom stereocenters. The number of esters is 2. The van der Waals surface area contributed by atoms with Crippen molar-refractivity contribution in [1.29, 1.82) is 0 Å². The molecule has 2 aromatic rings. The number of aliphatic hydroxyl groups is 1. The molecule has 50 heavy (non-hydrogen) atoms. The molecule has 1 amide bonds. The molecule has 2 bridgehead atoms. The Labute approximate surface area is 300 Å². The minimum atomic E-state index is -3.21. The Morgan fingerprint density at radius 1 is 1.12 bits per heavy atom. The van der Waals surface area contributed by atoms with Crippen molar-refractivity contribution in [3.8, 4) is 5.75 Å². The first-order chi connectivity index (χ1) is 23.8. The molecule has 2 aromatic carbocycles. The van der Waals surface area contributed by atoms with E-state index in [-0.39, 0.29) is 36.0 Å². The SMILES string of the molecule is C=S1(=O)NC(=O)c2ccc3c(c2)N(C[C@@H]2CC[C@H]2[C@H](O)C[C@@H](C(C(=O)OC)C(=O)OC)C[C@H](C)[C@H]1C)C[C@@]1(CCCc2cc(Cl)ccc21)CO3. The van der Waals surface area contributed by atoms with Crippen molar-refractivity contribution in [2.75, 3.05) is 38.8 Å². The lowest BCUT2D eigenvalue weighted by Gasteiger charge is -2.46. The number of rotatable bonds is 3. The van der Waals surface area contributed by atoms with E-state index in [1.165, 1.54) is 25.3 Å². The first kappa shape index (κ1) is 36.5. The third kappa shape index (κ3) is 6.97. The standard InChI is InChI=1S/C38H49ClN2O8S/c1-22-15-27(34(36(44)47-3)37(45)48-4)18-32(42)29-11-8-26(29)19-41-20-38(14-6-7-24-16-28(39)10-12-30(24)38)21-49-33-13-9-25(17-31(33)41)35(43)40-50(5,46)23(22)2/h9-10,12-13,16-17,22-23,26-27,29,32,34,42H,5-8,11,14-15,18-21H2,1-4H3,(H,40,43,46)/t22-,23+,26-,27-,29+,32+,38-,50?/m0/s1. The quantitative estimate of drug-likeness (QED) is 0.256. The molecule has 0 saturated heterocycles. The monoisotopic (exact) mass is 728 g/mol. The van der Waals surface area contributed by atoms with Crippen LogP contribution >= 0.6 is 11.6 Å². The fourth-order valence-corrected chi connectivity index (χ4v) is 10.5. The smallest absolute Gasteiger partial charge is 0.320 e. The lowest BCUT2D eigenvalue weighted by molar-refractivity contribution is -0.162. The van der Waals surface area contributed by atoms with Gasteiger partial charge < -0.3 is 24.2 Å². The molecule has 2 N–H and O–H groups in total. The maximum Gasteiger partial charge on any atom is 0.320 e. The highest BCUT2D eigenvalue weighted by atomic mass is 35.5. The van der Waals surface area contributed by atoms with Crippen molar-refractivity contribution in [1.82, 2.24) is 4.72 Å². The van der Waals surface area contributed by atoms with E-state index in [0.29, 0.717) is 36.0 Å². The highest BCUT2D eigenvalue weighted by molar-refractivity contribution is 7.99. The third-order valence-corrected chi connectivity index (χ3v) is 14.4. The number of hydrogen-bond acceptors (Lipinski definition) is 9. The summed E-state index contributed by atoms with van der Waals surface area (Å²) in [6.07, 6.45) is 4.12. The van der Waals surface area contributed by atoms with Crippen LogP contribution in [0.5, 0.6) is 5.75 Å². The van der Waals surface area contributed by atoms with Gasteiger partial charge in [-0.15, -0.1) is 0 Å². The van der Waals surface area contributed by atoms with Crippen LogP contribution in [0.25, 0.3) is 0 Å². The molecule has 1 unspecified atom stereocenters. The maximum atomic E-state index is 14.1. The van der Waals surface area contributed by atoms with Gasteiger partial charge in [-0.25, -0.2) is 4.21 Å². The van der Waals surface area contributed by atoms with E-state index in [2.05, 4.69) is 27.6 Å². The summed E-state index contributed by atoms with van der Waals surface area (Å²) in [6, 6.07) is 11.4. The van der Waals surface area contributed by atoms with Gasteiger partial charge in [0.25, 0.3) is 5.91 Å². The lowest BCUT2D eigenvalue weighted by Crippen LogP contribution is -2.50. The minimum absolute atomic E-state index is 0.0846.